The van der Waals surface area contributed by atoms with Crippen LogP contribution in [0.2, 0.25) is 0 Å². The quantitative estimate of drug-likeness (QED) is 0.766. The second-order valence-corrected chi connectivity index (χ2v) is 8.76. The normalized spacial score (nSPS) is 15.2. The third-order valence-corrected chi connectivity index (χ3v) is 6.82. The van der Waals surface area contributed by atoms with E-state index in [0.717, 1.165) is 39.0 Å². The van der Waals surface area contributed by atoms with Crippen molar-refractivity contribution in [1.29, 1.82) is 0 Å². The number of sulfonamides is 1. The number of hydrogen-bond donors (Lipinski definition) is 1. The first-order chi connectivity index (χ1) is 12.5. The molecule has 0 amide bonds. The number of aryl methyl sites for hydroxylation is 1. The number of aromatic amines is 1. The van der Waals surface area contributed by atoms with Gasteiger partial charge in [0.2, 0.25) is 10.0 Å². The van der Waals surface area contributed by atoms with E-state index < -0.39 is 10.0 Å². The van der Waals surface area contributed by atoms with Gasteiger partial charge in [0.1, 0.15) is 5.75 Å². The second-order valence-electron chi connectivity index (χ2n) is 6.79. The molecule has 0 bridgehead atoms. The standard InChI is InChI=1S/C20H22N2O3S/c1-14-6-8-15(9-7-14)13-26(23,24)22-11-10-18-17(12-22)16-4-3-5-19(25-2)20(16)21-18/h3-9,21H,10-13H2,1-2H3. The van der Waals surface area contributed by atoms with Crippen LogP contribution in [0.5, 0.6) is 5.75 Å². The van der Waals surface area contributed by atoms with Crippen molar-refractivity contribution < 1.29 is 13.2 Å². The predicted molar refractivity (Wildman–Crippen MR) is 103 cm³/mol. The Morgan fingerprint density at radius 1 is 1.15 bits per heavy atom. The van der Waals surface area contributed by atoms with E-state index in [0.29, 0.717) is 19.5 Å². The molecule has 1 N–H and O–H groups in total. The lowest BCUT2D eigenvalue weighted by molar-refractivity contribution is 0.390. The first-order valence-corrected chi connectivity index (χ1v) is 10.3. The Morgan fingerprint density at radius 3 is 2.65 bits per heavy atom. The lowest BCUT2D eigenvalue weighted by atomic mass is 10.1. The van der Waals surface area contributed by atoms with E-state index in [-0.39, 0.29) is 5.75 Å². The maximum Gasteiger partial charge on any atom is 0.218 e. The SMILES string of the molecule is COc1cccc2c3c([nH]c12)CCN(S(=O)(=O)Cc1ccc(C)cc1)C3. The summed E-state index contributed by atoms with van der Waals surface area (Å²) in [5.74, 6) is 0.819. The van der Waals surface area contributed by atoms with Crippen LogP contribution in [0, 0.1) is 6.92 Å². The van der Waals surface area contributed by atoms with Crippen molar-refractivity contribution in [2.45, 2.75) is 25.6 Å². The lowest BCUT2D eigenvalue weighted by Crippen LogP contribution is -2.36. The number of methoxy groups -OCH3 is 1. The van der Waals surface area contributed by atoms with E-state index in [9.17, 15) is 8.42 Å². The molecule has 0 fully saturated rings. The number of fused-ring (bicyclic) bond motifs is 3. The average molecular weight is 370 g/mol. The van der Waals surface area contributed by atoms with Gasteiger partial charge in [-0.1, -0.05) is 42.0 Å². The minimum absolute atomic E-state index is 0.0360. The van der Waals surface area contributed by atoms with Crippen LogP contribution in [0.4, 0.5) is 0 Å². The molecule has 0 saturated heterocycles. The van der Waals surface area contributed by atoms with Crippen molar-refractivity contribution in [3.05, 3.63) is 64.8 Å². The lowest BCUT2D eigenvalue weighted by Gasteiger charge is -2.26. The molecule has 5 nitrogen and oxygen atoms in total. The van der Waals surface area contributed by atoms with Crippen molar-refractivity contribution in [3.8, 4) is 5.75 Å². The molecule has 0 unspecified atom stereocenters. The van der Waals surface area contributed by atoms with Gasteiger partial charge in [-0.05, 0) is 24.1 Å². The monoisotopic (exact) mass is 370 g/mol. The molecule has 26 heavy (non-hydrogen) atoms. The van der Waals surface area contributed by atoms with E-state index in [2.05, 4.69) is 4.98 Å². The van der Waals surface area contributed by atoms with Crippen LogP contribution in [0.3, 0.4) is 0 Å². The third kappa shape index (κ3) is 2.99. The second kappa shape index (κ2) is 6.45. The molecule has 1 aromatic heterocycles. The Kier molecular flexibility index (Phi) is 4.25. The number of nitrogens with zero attached hydrogens (tertiary/aromatic N) is 1. The highest BCUT2D eigenvalue weighted by Crippen LogP contribution is 2.33. The van der Waals surface area contributed by atoms with Crippen molar-refractivity contribution in [2.75, 3.05) is 13.7 Å². The first kappa shape index (κ1) is 17.1. The largest absolute Gasteiger partial charge is 0.495 e. The molecular formula is C20H22N2O3S. The van der Waals surface area contributed by atoms with Gasteiger partial charge in [0.15, 0.2) is 0 Å². The van der Waals surface area contributed by atoms with Crippen LogP contribution in [0.1, 0.15) is 22.4 Å². The van der Waals surface area contributed by atoms with Crippen molar-refractivity contribution in [2.24, 2.45) is 0 Å². The summed E-state index contributed by atoms with van der Waals surface area (Å²) in [6.07, 6.45) is 0.681. The summed E-state index contributed by atoms with van der Waals surface area (Å²) in [5, 5.41) is 1.04. The smallest absolute Gasteiger partial charge is 0.218 e. The highest BCUT2D eigenvalue weighted by atomic mass is 32.2. The first-order valence-electron chi connectivity index (χ1n) is 8.68. The predicted octanol–water partition coefficient (Wildman–Crippen LogP) is 3.37. The summed E-state index contributed by atoms with van der Waals surface area (Å²) >= 11 is 0. The van der Waals surface area contributed by atoms with Crippen LogP contribution in [-0.4, -0.2) is 31.4 Å². The molecule has 0 atom stereocenters. The topological polar surface area (TPSA) is 62.4 Å². The summed E-state index contributed by atoms with van der Waals surface area (Å²) in [7, 11) is -1.72. The van der Waals surface area contributed by atoms with Gasteiger partial charge in [0.25, 0.3) is 0 Å². The summed E-state index contributed by atoms with van der Waals surface area (Å²) in [4.78, 5) is 3.42. The Morgan fingerprint density at radius 2 is 1.92 bits per heavy atom. The van der Waals surface area contributed by atoms with Crippen molar-refractivity contribution in [3.63, 3.8) is 0 Å². The highest BCUT2D eigenvalue weighted by molar-refractivity contribution is 7.88. The summed E-state index contributed by atoms with van der Waals surface area (Å²) in [5.41, 5.74) is 5.05. The number of benzene rings is 2. The van der Waals surface area contributed by atoms with Crippen LogP contribution >= 0.6 is 0 Å². The third-order valence-electron chi connectivity index (χ3n) is 5.02. The fraction of sp³-hybridized carbons (Fsp3) is 0.300. The van der Waals surface area contributed by atoms with E-state index in [1.807, 2.05) is 49.4 Å². The number of para-hydroxylation sites is 1. The zero-order valence-corrected chi connectivity index (χ0v) is 15.8. The molecule has 2 aromatic carbocycles. The molecule has 1 aliphatic heterocycles. The Labute approximate surface area is 153 Å². The van der Waals surface area contributed by atoms with Crippen molar-refractivity contribution in [1.82, 2.24) is 9.29 Å². The van der Waals surface area contributed by atoms with Gasteiger partial charge in [0.05, 0.1) is 18.4 Å². The number of rotatable bonds is 4. The Bertz CT molecular complexity index is 1050. The van der Waals surface area contributed by atoms with E-state index in [1.165, 1.54) is 0 Å². The van der Waals surface area contributed by atoms with Crippen LogP contribution in [0.15, 0.2) is 42.5 Å². The maximum atomic E-state index is 12.9. The highest BCUT2D eigenvalue weighted by Gasteiger charge is 2.29. The molecular weight excluding hydrogens is 348 g/mol. The molecule has 1 aliphatic rings. The van der Waals surface area contributed by atoms with E-state index >= 15 is 0 Å². The minimum atomic E-state index is -3.37. The van der Waals surface area contributed by atoms with Gasteiger partial charge in [-0.25, -0.2) is 8.42 Å². The Hall–Kier alpha value is -2.31. The number of nitrogens with one attached hydrogen (secondary N) is 1. The Balaban J connectivity index is 1.64. The van der Waals surface area contributed by atoms with Crippen LogP contribution in [-0.2, 0) is 28.7 Å². The summed E-state index contributed by atoms with van der Waals surface area (Å²) in [6, 6.07) is 13.5. The van der Waals surface area contributed by atoms with Crippen LogP contribution < -0.4 is 4.74 Å². The zero-order valence-electron chi connectivity index (χ0n) is 15.0. The molecule has 6 heteroatoms. The summed E-state index contributed by atoms with van der Waals surface area (Å²) < 4.78 is 32.9. The molecule has 3 aromatic rings. The van der Waals surface area contributed by atoms with E-state index in [1.54, 1.807) is 11.4 Å². The zero-order chi connectivity index (χ0) is 18.3. The van der Waals surface area contributed by atoms with Gasteiger partial charge in [-0.3, -0.25) is 0 Å². The van der Waals surface area contributed by atoms with Gasteiger partial charge in [-0.15, -0.1) is 0 Å². The number of hydrogen-bond acceptors (Lipinski definition) is 3. The molecule has 0 saturated carbocycles. The molecule has 2 heterocycles. The number of aromatic nitrogens is 1. The summed E-state index contributed by atoms with van der Waals surface area (Å²) in [6.45, 7) is 2.89. The van der Waals surface area contributed by atoms with Crippen molar-refractivity contribution >= 4 is 20.9 Å². The molecule has 0 radical (unpaired) electrons. The van der Waals surface area contributed by atoms with E-state index in [4.69, 9.17) is 4.74 Å². The maximum absolute atomic E-state index is 12.9. The van der Waals surface area contributed by atoms with Gasteiger partial charge < -0.3 is 9.72 Å². The fourth-order valence-electron chi connectivity index (χ4n) is 3.58. The van der Waals surface area contributed by atoms with Gasteiger partial charge in [0, 0.05) is 30.6 Å². The number of H-pyrrole nitrogens is 1. The average Bonchev–Trinajstić information content (AvgIpc) is 3.01. The van der Waals surface area contributed by atoms with Gasteiger partial charge >= 0.3 is 0 Å². The fourth-order valence-corrected chi connectivity index (χ4v) is 5.07. The number of ether oxygens (including phenoxy) is 1. The van der Waals surface area contributed by atoms with Gasteiger partial charge in [-0.2, -0.15) is 4.31 Å². The molecule has 136 valence electrons. The molecule has 0 aliphatic carbocycles. The van der Waals surface area contributed by atoms with Crippen LogP contribution in [0.25, 0.3) is 10.9 Å². The molecule has 0 spiro atoms. The minimum Gasteiger partial charge on any atom is -0.495 e. The molecule has 4 rings (SSSR count).